The summed E-state index contributed by atoms with van der Waals surface area (Å²) < 4.78 is 22.4. The SMILES string of the molecule is CC[C@H](CO)CC(=O)C(=O)c1ccc(OCc2ccc(OC)cc2)c(OCc2ccc(OC)cc2)c1Cl. The Labute approximate surface area is 221 Å². The van der Waals surface area contributed by atoms with Gasteiger partial charge in [0.1, 0.15) is 24.7 Å². The van der Waals surface area contributed by atoms with Gasteiger partial charge in [0.25, 0.3) is 0 Å². The molecule has 8 heteroatoms. The standard InChI is InChI=1S/C29H31ClO7/c1-4-19(16-31)15-25(32)28(33)24-13-14-26(36-17-20-5-9-22(34-2)10-6-20)29(27(24)30)37-18-21-7-11-23(35-3)12-8-21/h5-14,19,31H,4,15-18H2,1-3H3/t19-/m0/s1. The van der Waals surface area contributed by atoms with Crippen molar-refractivity contribution in [1.29, 1.82) is 0 Å². The van der Waals surface area contributed by atoms with Crippen LogP contribution >= 0.6 is 11.6 Å². The van der Waals surface area contributed by atoms with Gasteiger partial charge in [-0.15, -0.1) is 0 Å². The average Bonchev–Trinajstić information content (AvgIpc) is 2.94. The summed E-state index contributed by atoms with van der Waals surface area (Å²) in [5, 5.41) is 9.41. The fourth-order valence-electron chi connectivity index (χ4n) is 3.57. The summed E-state index contributed by atoms with van der Waals surface area (Å²) >= 11 is 6.63. The van der Waals surface area contributed by atoms with E-state index in [0.717, 1.165) is 16.9 Å². The Hall–Kier alpha value is -3.55. The van der Waals surface area contributed by atoms with Gasteiger partial charge in [0.05, 0.1) is 19.2 Å². The maximum absolute atomic E-state index is 12.9. The molecule has 3 rings (SSSR count). The van der Waals surface area contributed by atoms with Crippen molar-refractivity contribution in [3.63, 3.8) is 0 Å². The van der Waals surface area contributed by atoms with E-state index in [9.17, 15) is 14.7 Å². The minimum absolute atomic E-state index is 0.00357. The normalized spacial score (nSPS) is 11.5. The van der Waals surface area contributed by atoms with Crippen LogP contribution in [0.15, 0.2) is 60.7 Å². The monoisotopic (exact) mass is 526 g/mol. The van der Waals surface area contributed by atoms with Gasteiger partial charge in [0, 0.05) is 18.6 Å². The predicted molar refractivity (Wildman–Crippen MR) is 141 cm³/mol. The highest BCUT2D eigenvalue weighted by Gasteiger charge is 2.25. The molecule has 0 aliphatic carbocycles. The highest BCUT2D eigenvalue weighted by Crippen LogP contribution is 2.39. The third kappa shape index (κ3) is 7.47. The van der Waals surface area contributed by atoms with Crippen LogP contribution in [0, 0.1) is 5.92 Å². The van der Waals surface area contributed by atoms with Crippen molar-refractivity contribution < 1.29 is 33.6 Å². The number of ketones is 2. The molecule has 0 heterocycles. The summed E-state index contributed by atoms with van der Waals surface area (Å²) in [6.45, 7) is 2.06. The van der Waals surface area contributed by atoms with Crippen LogP contribution in [0.25, 0.3) is 0 Å². The number of aliphatic hydroxyl groups is 1. The molecule has 0 bridgehead atoms. The topological polar surface area (TPSA) is 91.3 Å². The first-order valence-corrected chi connectivity index (χ1v) is 12.3. The van der Waals surface area contributed by atoms with Gasteiger partial charge in [-0.25, -0.2) is 0 Å². The summed E-state index contributed by atoms with van der Waals surface area (Å²) in [4.78, 5) is 25.6. The number of hydrogen-bond donors (Lipinski definition) is 1. The van der Waals surface area contributed by atoms with Gasteiger partial charge in [-0.3, -0.25) is 9.59 Å². The highest BCUT2D eigenvalue weighted by molar-refractivity contribution is 6.48. The first-order valence-electron chi connectivity index (χ1n) is 11.9. The fourth-order valence-corrected chi connectivity index (χ4v) is 3.86. The van der Waals surface area contributed by atoms with Crippen molar-refractivity contribution >= 4 is 23.2 Å². The van der Waals surface area contributed by atoms with Crippen LogP contribution in [0.5, 0.6) is 23.0 Å². The smallest absolute Gasteiger partial charge is 0.230 e. The van der Waals surface area contributed by atoms with Gasteiger partial charge < -0.3 is 24.1 Å². The molecular weight excluding hydrogens is 496 g/mol. The number of carbonyl (C=O) groups excluding carboxylic acids is 2. The van der Waals surface area contributed by atoms with Crippen molar-refractivity contribution in [3.05, 3.63) is 82.4 Å². The molecule has 0 aromatic heterocycles. The Morgan fingerprint density at radius 3 is 1.86 bits per heavy atom. The number of aliphatic hydroxyl groups excluding tert-OH is 1. The van der Waals surface area contributed by atoms with E-state index in [-0.39, 0.29) is 48.5 Å². The van der Waals surface area contributed by atoms with Gasteiger partial charge in [-0.05, 0) is 53.4 Å². The number of hydrogen-bond acceptors (Lipinski definition) is 7. The zero-order valence-electron chi connectivity index (χ0n) is 21.2. The maximum atomic E-state index is 12.9. The molecule has 0 aliphatic heterocycles. The van der Waals surface area contributed by atoms with Crippen LogP contribution in [0.4, 0.5) is 0 Å². The first-order chi connectivity index (χ1) is 17.9. The summed E-state index contributed by atoms with van der Waals surface area (Å²) in [5.41, 5.74) is 1.77. The molecule has 7 nitrogen and oxygen atoms in total. The Balaban J connectivity index is 1.86. The summed E-state index contributed by atoms with van der Waals surface area (Å²) in [5.74, 6) is 0.315. The largest absolute Gasteiger partial charge is 0.497 e. The molecule has 1 N–H and O–H groups in total. The zero-order chi connectivity index (χ0) is 26.8. The molecule has 0 fully saturated rings. The summed E-state index contributed by atoms with van der Waals surface area (Å²) in [7, 11) is 3.19. The van der Waals surface area contributed by atoms with Crippen LogP contribution in [0.2, 0.25) is 5.02 Å². The lowest BCUT2D eigenvalue weighted by Crippen LogP contribution is -2.20. The lowest BCUT2D eigenvalue weighted by molar-refractivity contribution is -0.116. The zero-order valence-corrected chi connectivity index (χ0v) is 21.9. The first kappa shape index (κ1) is 28.0. The number of rotatable bonds is 14. The second-order valence-corrected chi connectivity index (χ2v) is 8.82. The Kier molecular flexibility index (Phi) is 10.4. The second kappa shape index (κ2) is 13.7. The molecule has 0 radical (unpaired) electrons. The molecule has 0 saturated carbocycles. The van der Waals surface area contributed by atoms with E-state index in [0.29, 0.717) is 17.9 Å². The lowest BCUT2D eigenvalue weighted by Gasteiger charge is -2.17. The van der Waals surface area contributed by atoms with E-state index >= 15 is 0 Å². The van der Waals surface area contributed by atoms with Crippen LogP contribution in [-0.4, -0.2) is 37.5 Å². The number of Topliss-reactive ketones (excluding diaryl/α,β-unsaturated/α-hetero) is 2. The number of ether oxygens (including phenoxy) is 4. The van der Waals surface area contributed by atoms with Crippen LogP contribution < -0.4 is 18.9 Å². The van der Waals surface area contributed by atoms with Crippen molar-refractivity contribution in [2.75, 3.05) is 20.8 Å². The quantitative estimate of drug-likeness (QED) is 0.213. The molecule has 196 valence electrons. The Morgan fingerprint density at radius 1 is 0.838 bits per heavy atom. The highest BCUT2D eigenvalue weighted by atomic mass is 35.5. The molecular formula is C29H31ClO7. The second-order valence-electron chi connectivity index (χ2n) is 8.44. The van der Waals surface area contributed by atoms with E-state index in [1.54, 1.807) is 20.3 Å². The molecule has 0 spiro atoms. The third-order valence-corrected chi connectivity index (χ3v) is 6.34. The molecule has 1 atom stereocenters. The molecule has 0 amide bonds. The molecule has 0 unspecified atom stereocenters. The molecule has 3 aromatic carbocycles. The molecule has 0 saturated heterocycles. The maximum Gasteiger partial charge on any atom is 0.230 e. The number of benzene rings is 3. The third-order valence-electron chi connectivity index (χ3n) is 5.96. The van der Waals surface area contributed by atoms with E-state index in [1.165, 1.54) is 6.07 Å². The Bertz CT molecular complexity index is 1190. The molecule has 0 aliphatic rings. The van der Waals surface area contributed by atoms with Gasteiger partial charge in [0.15, 0.2) is 11.5 Å². The number of carbonyl (C=O) groups is 2. The van der Waals surface area contributed by atoms with Gasteiger partial charge in [0.2, 0.25) is 11.6 Å². The van der Waals surface area contributed by atoms with Crippen LogP contribution in [0.3, 0.4) is 0 Å². The lowest BCUT2D eigenvalue weighted by atomic mass is 9.96. The minimum Gasteiger partial charge on any atom is -0.497 e. The Morgan fingerprint density at radius 2 is 1.38 bits per heavy atom. The number of methoxy groups -OCH3 is 2. The van der Waals surface area contributed by atoms with Crippen LogP contribution in [-0.2, 0) is 18.0 Å². The fraction of sp³-hybridized carbons (Fsp3) is 0.310. The van der Waals surface area contributed by atoms with Crippen LogP contribution in [0.1, 0.15) is 41.3 Å². The van der Waals surface area contributed by atoms with Gasteiger partial charge in [-0.2, -0.15) is 0 Å². The summed E-state index contributed by atoms with van der Waals surface area (Å²) in [6, 6.07) is 17.8. The van der Waals surface area contributed by atoms with Crippen molar-refractivity contribution in [2.24, 2.45) is 5.92 Å². The van der Waals surface area contributed by atoms with Gasteiger partial charge in [-0.1, -0.05) is 49.2 Å². The van der Waals surface area contributed by atoms with Gasteiger partial charge >= 0.3 is 0 Å². The van der Waals surface area contributed by atoms with E-state index in [1.807, 2.05) is 55.5 Å². The van der Waals surface area contributed by atoms with Crippen molar-refractivity contribution in [3.8, 4) is 23.0 Å². The van der Waals surface area contributed by atoms with E-state index in [4.69, 9.17) is 30.5 Å². The van der Waals surface area contributed by atoms with E-state index in [2.05, 4.69) is 0 Å². The average molecular weight is 527 g/mol. The predicted octanol–water partition coefficient (Wildman–Crippen LogP) is 5.68. The van der Waals surface area contributed by atoms with Crippen molar-refractivity contribution in [2.45, 2.75) is 33.0 Å². The summed E-state index contributed by atoms with van der Waals surface area (Å²) in [6.07, 6.45) is 0.525. The molecule has 37 heavy (non-hydrogen) atoms. The van der Waals surface area contributed by atoms with Crippen molar-refractivity contribution in [1.82, 2.24) is 0 Å². The van der Waals surface area contributed by atoms with E-state index < -0.39 is 11.6 Å². The minimum atomic E-state index is -0.729. The molecule has 3 aromatic rings. The number of halogens is 1.